The molecule has 2 N–H and O–H groups in total. The lowest BCUT2D eigenvalue weighted by atomic mass is 10.0. The molecular weight excluding hydrogens is 526 g/mol. The van der Waals surface area contributed by atoms with Crippen LogP contribution in [0.4, 0.5) is 0 Å². The van der Waals surface area contributed by atoms with Crippen molar-refractivity contribution in [2.24, 2.45) is 0 Å². The maximum Gasteiger partial charge on any atom is 0.220 e. The smallest absolute Gasteiger partial charge is 0.220 e. The van der Waals surface area contributed by atoms with Gasteiger partial charge < -0.3 is 10.4 Å². The van der Waals surface area contributed by atoms with Crippen molar-refractivity contribution in [1.82, 2.24) is 5.32 Å². The number of amides is 1. The summed E-state index contributed by atoms with van der Waals surface area (Å²) in [7, 11) is 0. The zero-order valence-corrected chi connectivity index (χ0v) is 28.8. The maximum atomic E-state index is 12.0. The molecule has 0 heterocycles. The van der Waals surface area contributed by atoms with Crippen molar-refractivity contribution < 1.29 is 9.90 Å². The number of phenols is 1. The predicted octanol–water partition coefficient (Wildman–Crippen LogP) is 12.8. The van der Waals surface area contributed by atoms with Gasteiger partial charge in [-0.1, -0.05) is 199 Å². The molecule has 0 saturated heterocycles. The van der Waals surface area contributed by atoms with Crippen molar-refractivity contribution in [3.05, 3.63) is 29.8 Å². The first kappa shape index (κ1) is 39.5. The highest BCUT2D eigenvalue weighted by Gasteiger charge is 2.02. The molecule has 43 heavy (non-hydrogen) atoms. The van der Waals surface area contributed by atoms with Crippen molar-refractivity contribution in [3.63, 3.8) is 0 Å². The zero-order valence-electron chi connectivity index (χ0n) is 28.8. The molecule has 0 saturated carbocycles. The van der Waals surface area contributed by atoms with E-state index in [0.29, 0.717) is 13.0 Å². The van der Waals surface area contributed by atoms with E-state index in [2.05, 4.69) is 12.2 Å². The Kier molecular flexibility index (Phi) is 29.3. The molecule has 1 rings (SSSR count). The molecule has 3 heteroatoms. The largest absolute Gasteiger partial charge is 0.508 e. The molecule has 1 amide bonds. The average molecular weight is 600 g/mol. The third-order valence-corrected chi connectivity index (χ3v) is 9.18. The van der Waals surface area contributed by atoms with E-state index in [0.717, 1.165) is 18.4 Å². The van der Waals surface area contributed by atoms with Crippen molar-refractivity contribution >= 4 is 5.91 Å². The van der Waals surface area contributed by atoms with E-state index in [1.807, 2.05) is 12.1 Å². The molecule has 0 aliphatic carbocycles. The molecule has 0 aliphatic heterocycles. The van der Waals surface area contributed by atoms with Gasteiger partial charge >= 0.3 is 0 Å². The van der Waals surface area contributed by atoms with E-state index >= 15 is 0 Å². The Hall–Kier alpha value is -1.51. The van der Waals surface area contributed by atoms with Crippen LogP contribution in [-0.2, 0) is 11.2 Å². The van der Waals surface area contributed by atoms with Gasteiger partial charge in [-0.15, -0.1) is 0 Å². The summed E-state index contributed by atoms with van der Waals surface area (Å²) in [6.45, 7) is 2.97. The van der Waals surface area contributed by atoms with Gasteiger partial charge in [-0.2, -0.15) is 0 Å². The lowest BCUT2D eigenvalue weighted by Gasteiger charge is -2.06. The maximum absolute atomic E-state index is 12.0. The number of nitrogens with one attached hydrogen (secondary N) is 1. The summed E-state index contributed by atoms with van der Waals surface area (Å²) in [5.41, 5.74) is 1.14. The number of carbonyl (C=O) groups excluding carboxylic acids is 1. The topological polar surface area (TPSA) is 49.3 Å². The van der Waals surface area contributed by atoms with Crippen molar-refractivity contribution in [2.45, 2.75) is 206 Å². The fourth-order valence-corrected chi connectivity index (χ4v) is 6.23. The molecule has 0 aliphatic rings. The van der Waals surface area contributed by atoms with Crippen LogP contribution < -0.4 is 5.32 Å². The Morgan fingerprint density at radius 2 is 0.791 bits per heavy atom. The van der Waals surface area contributed by atoms with Crippen LogP contribution in [0.3, 0.4) is 0 Å². The molecule has 0 spiro atoms. The SMILES string of the molecule is CCCCCCCCCCCCCCCCCCCCCCCCCCCCCCCC(=O)NCCc1ccc(O)cc1. The van der Waals surface area contributed by atoms with Gasteiger partial charge in [-0.05, 0) is 30.5 Å². The highest BCUT2D eigenvalue weighted by molar-refractivity contribution is 5.75. The zero-order chi connectivity index (χ0) is 30.9. The van der Waals surface area contributed by atoms with E-state index in [9.17, 15) is 9.90 Å². The highest BCUT2D eigenvalue weighted by Crippen LogP contribution is 2.16. The van der Waals surface area contributed by atoms with Crippen LogP contribution in [0, 0.1) is 0 Å². The first-order chi connectivity index (χ1) is 21.2. The fraction of sp³-hybridized carbons (Fsp3) is 0.825. The van der Waals surface area contributed by atoms with Gasteiger partial charge in [0, 0.05) is 13.0 Å². The Balaban J connectivity index is 1.67. The van der Waals surface area contributed by atoms with E-state index in [4.69, 9.17) is 0 Å². The van der Waals surface area contributed by atoms with Crippen molar-refractivity contribution in [1.29, 1.82) is 0 Å². The molecule has 0 unspecified atom stereocenters. The Bertz CT molecular complexity index is 701. The molecule has 0 atom stereocenters. The normalized spacial score (nSPS) is 11.3. The second kappa shape index (κ2) is 31.9. The molecule has 0 fully saturated rings. The number of benzene rings is 1. The number of hydrogen-bond acceptors (Lipinski definition) is 2. The van der Waals surface area contributed by atoms with Crippen LogP contribution in [0.5, 0.6) is 5.75 Å². The summed E-state index contributed by atoms with van der Waals surface area (Å²) in [6.07, 6.45) is 42.4. The van der Waals surface area contributed by atoms with Gasteiger partial charge in [0.05, 0.1) is 0 Å². The highest BCUT2D eigenvalue weighted by atomic mass is 16.3. The van der Waals surface area contributed by atoms with Crippen LogP contribution in [-0.4, -0.2) is 17.6 Å². The van der Waals surface area contributed by atoms with Crippen LogP contribution in [0.1, 0.15) is 205 Å². The minimum Gasteiger partial charge on any atom is -0.508 e. The van der Waals surface area contributed by atoms with Crippen molar-refractivity contribution in [3.8, 4) is 5.75 Å². The summed E-state index contributed by atoms with van der Waals surface area (Å²) in [6, 6.07) is 7.21. The second-order valence-corrected chi connectivity index (χ2v) is 13.4. The van der Waals surface area contributed by atoms with Gasteiger partial charge in [-0.25, -0.2) is 0 Å². The van der Waals surface area contributed by atoms with Gasteiger partial charge in [0.15, 0.2) is 0 Å². The van der Waals surface area contributed by atoms with Crippen molar-refractivity contribution in [2.75, 3.05) is 6.54 Å². The molecule has 1 aromatic rings. The van der Waals surface area contributed by atoms with E-state index in [1.54, 1.807) is 12.1 Å². The number of phenolic OH excluding ortho intramolecular Hbond substituents is 1. The molecule has 0 aromatic heterocycles. The van der Waals surface area contributed by atoms with E-state index in [1.165, 1.54) is 180 Å². The summed E-state index contributed by atoms with van der Waals surface area (Å²) in [5.74, 6) is 0.456. The van der Waals surface area contributed by atoms with Crippen LogP contribution >= 0.6 is 0 Å². The lowest BCUT2D eigenvalue weighted by Crippen LogP contribution is -2.25. The quantitative estimate of drug-likeness (QED) is 0.0789. The van der Waals surface area contributed by atoms with Gasteiger partial charge in [-0.3, -0.25) is 4.79 Å². The van der Waals surface area contributed by atoms with Gasteiger partial charge in [0.25, 0.3) is 0 Å². The third kappa shape index (κ3) is 29.0. The monoisotopic (exact) mass is 600 g/mol. The van der Waals surface area contributed by atoms with E-state index in [-0.39, 0.29) is 11.7 Å². The standard InChI is InChI=1S/C40H73NO2/c1-2-3-4-5-6-7-8-9-10-11-12-13-14-15-16-17-18-19-20-21-22-23-24-25-26-27-28-29-30-31-40(43)41-37-36-38-32-34-39(42)35-33-38/h32-35,42H,2-31,36-37H2,1H3,(H,41,43). The van der Waals surface area contributed by atoms with Gasteiger partial charge in [0.1, 0.15) is 5.75 Å². The molecular formula is C40H73NO2. The van der Waals surface area contributed by atoms with Crippen LogP contribution in [0.25, 0.3) is 0 Å². The fourth-order valence-electron chi connectivity index (χ4n) is 6.23. The third-order valence-electron chi connectivity index (χ3n) is 9.18. The van der Waals surface area contributed by atoms with Gasteiger partial charge in [0.2, 0.25) is 5.91 Å². The van der Waals surface area contributed by atoms with E-state index < -0.39 is 0 Å². The molecule has 1 aromatic carbocycles. The number of aromatic hydroxyl groups is 1. The molecule has 0 radical (unpaired) electrons. The molecule has 3 nitrogen and oxygen atoms in total. The second-order valence-electron chi connectivity index (χ2n) is 13.4. The minimum atomic E-state index is 0.170. The Labute approximate surface area is 268 Å². The Morgan fingerprint density at radius 1 is 0.488 bits per heavy atom. The average Bonchev–Trinajstić information content (AvgIpc) is 3.01. The van der Waals surface area contributed by atoms with Crippen LogP contribution in [0.15, 0.2) is 24.3 Å². The molecule has 250 valence electrons. The first-order valence-corrected chi connectivity index (χ1v) is 19.3. The number of rotatable bonds is 33. The Morgan fingerprint density at radius 3 is 1.12 bits per heavy atom. The molecule has 0 bridgehead atoms. The number of unbranched alkanes of at least 4 members (excludes halogenated alkanes) is 28. The summed E-state index contributed by atoms with van der Waals surface area (Å²) < 4.78 is 0. The minimum absolute atomic E-state index is 0.170. The predicted molar refractivity (Wildman–Crippen MR) is 189 cm³/mol. The first-order valence-electron chi connectivity index (χ1n) is 19.3. The lowest BCUT2D eigenvalue weighted by molar-refractivity contribution is -0.121. The van der Waals surface area contributed by atoms with Crippen LogP contribution in [0.2, 0.25) is 0 Å². The summed E-state index contributed by atoms with van der Waals surface area (Å²) >= 11 is 0. The summed E-state index contributed by atoms with van der Waals surface area (Å²) in [5, 5.41) is 12.3. The number of carbonyl (C=O) groups is 1. The number of hydrogen-bond donors (Lipinski definition) is 2. The summed E-state index contributed by atoms with van der Waals surface area (Å²) in [4.78, 5) is 12.0.